The van der Waals surface area contributed by atoms with Crippen molar-refractivity contribution in [2.24, 2.45) is 10.7 Å². The average molecular weight is 427 g/mol. The van der Waals surface area contributed by atoms with Gasteiger partial charge in [0, 0.05) is 18.7 Å². The summed E-state index contributed by atoms with van der Waals surface area (Å²) in [4.78, 5) is 4.13. The van der Waals surface area contributed by atoms with Crippen LogP contribution in [0.4, 0.5) is 8.78 Å². The first-order chi connectivity index (χ1) is 10.1. The summed E-state index contributed by atoms with van der Waals surface area (Å²) in [5.74, 6) is 0.375. The third-order valence-corrected chi connectivity index (χ3v) is 3.14. The lowest BCUT2D eigenvalue weighted by Crippen LogP contribution is -2.37. The second kappa shape index (κ2) is 9.78. The Bertz CT molecular complexity index is 483. The van der Waals surface area contributed by atoms with Crippen molar-refractivity contribution in [3.63, 3.8) is 0 Å². The molecule has 1 fully saturated rings. The molecule has 0 spiro atoms. The number of guanidine groups is 1. The molecule has 1 aromatic rings. The zero-order valence-electron chi connectivity index (χ0n) is 12.0. The third kappa shape index (κ3) is 6.30. The molecule has 0 aromatic heterocycles. The van der Waals surface area contributed by atoms with Gasteiger partial charge in [-0.25, -0.2) is 4.99 Å². The maximum atomic E-state index is 12.3. The Morgan fingerprint density at radius 3 is 2.91 bits per heavy atom. The fraction of sp³-hybridized carbons (Fsp3) is 0.500. The van der Waals surface area contributed by atoms with Crippen LogP contribution >= 0.6 is 24.0 Å². The standard InChI is InChI=1S/C14H19F2N3O2.HI/c15-13(16)21-12-6-2-1-4-10(12)8-18-14(17)19-9-11-5-3-7-20-11;/h1-2,4,6,11,13H,3,5,7-9H2,(H3,17,18,19);1H. The molecule has 0 amide bonds. The smallest absolute Gasteiger partial charge is 0.387 e. The summed E-state index contributed by atoms with van der Waals surface area (Å²) in [6, 6.07) is 6.52. The molecule has 22 heavy (non-hydrogen) atoms. The Kier molecular flexibility index (Phi) is 8.39. The van der Waals surface area contributed by atoms with Crippen molar-refractivity contribution in [2.75, 3.05) is 13.2 Å². The Hall–Kier alpha value is -1.16. The molecule has 0 bridgehead atoms. The number of hydrogen-bond acceptors (Lipinski definition) is 3. The highest BCUT2D eigenvalue weighted by Gasteiger charge is 2.15. The number of halogens is 3. The minimum atomic E-state index is -2.86. The Labute approximate surface area is 145 Å². The van der Waals surface area contributed by atoms with Crippen LogP contribution in [0.15, 0.2) is 29.3 Å². The summed E-state index contributed by atoms with van der Waals surface area (Å²) in [5.41, 5.74) is 6.30. The first-order valence-corrected chi connectivity index (χ1v) is 6.83. The molecular formula is C14H20F2IN3O2. The SMILES string of the molecule is I.NC(=NCc1ccccc1OC(F)F)NCC1CCCO1. The van der Waals surface area contributed by atoms with Crippen molar-refractivity contribution in [3.05, 3.63) is 29.8 Å². The molecule has 0 radical (unpaired) electrons. The van der Waals surface area contributed by atoms with Gasteiger partial charge in [-0.05, 0) is 18.9 Å². The highest BCUT2D eigenvalue weighted by molar-refractivity contribution is 14.0. The van der Waals surface area contributed by atoms with Gasteiger partial charge >= 0.3 is 6.61 Å². The fourth-order valence-electron chi connectivity index (χ4n) is 2.10. The number of nitrogens with two attached hydrogens (primary N) is 1. The molecule has 5 nitrogen and oxygen atoms in total. The van der Waals surface area contributed by atoms with Crippen LogP contribution in [-0.2, 0) is 11.3 Å². The van der Waals surface area contributed by atoms with E-state index in [-0.39, 0.29) is 48.3 Å². The van der Waals surface area contributed by atoms with Crippen LogP contribution in [0.25, 0.3) is 0 Å². The maximum Gasteiger partial charge on any atom is 0.387 e. The lowest BCUT2D eigenvalue weighted by Gasteiger charge is -2.12. The number of nitrogens with one attached hydrogen (secondary N) is 1. The fourth-order valence-corrected chi connectivity index (χ4v) is 2.10. The van der Waals surface area contributed by atoms with Crippen LogP contribution in [0.3, 0.4) is 0 Å². The van der Waals surface area contributed by atoms with Crippen molar-refractivity contribution < 1.29 is 18.3 Å². The predicted octanol–water partition coefficient (Wildman–Crippen LogP) is 2.49. The van der Waals surface area contributed by atoms with E-state index in [0.717, 1.165) is 19.4 Å². The van der Waals surface area contributed by atoms with E-state index < -0.39 is 6.61 Å². The highest BCUT2D eigenvalue weighted by Crippen LogP contribution is 2.20. The van der Waals surface area contributed by atoms with Crippen LogP contribution in [0.2, 0.25) is 0 Å². The molecule has 0 saturated carbocycles. The molecule has 124 valence electrons. The zero-order chi connectivity index (χ0) is 15.1. The lowest BCUT2D eigenvalue weighted by atomic mass is 10.2. The van der Waals surface area contributed by atoms with E-state index >= 15 is 0 Å². The Balaban J connectivity index is 0.00000242. The van der Waals surface area contributed by atoms with Crippen LogP contribution < -0.4 is 15.8 Å². The molecule has 3 N–H and O–H groups in total. The van der Waals surface area contributed by atoms with Crippen molar-refractivity contribution in [1.29, 1.82) is 0 Å². The summed E-state index contributed by atoms with van der Waals surface area (Å²) >= 11 is 0. The first-order valence-electron chi connectivity index (χ1n) is 6.83. The minimum absolute atomic E-state index is 0. The largest absolute Gasteiger partial charge is 0.434 e. The van der Waals surface area contributed by atoms with Crippen molar-refractivity contribution in [1.82, 2.24) is 5.32 Å². The summed E-state index contributed by atoms with van der Waals surface area (Å²) < 4.78 is 34.5. The molecule has 1 heterocycles. The van der Waals surface area contributed by atoms with Gasteiger partial charge in [-0.15, -0.1) is 24.0 Å². The van der Waals surface area contributed by atoms with E-state index in [1.165, 1.54) is 6.07 Å². The van der Waals surface area contributed by atoms with Crippen molar-refractivity contribution in [2.45, 2.75) is 32.1 Å². The number of rotatable bonds is 6. The maximum absolute atomic E-state index is 12.3. The number of hydrogen-bond donors (Lipinski definition) is 2. The first kappa shape index (κ1) is 18.9. The second-order valence-corrected chi connectivity index (χ2v) is 4.70. The number of nitrogens with zero attached hydrogens (tertiary/aromatic N) is 1. The van der Waals surface area contributed by atoms with Crippen molar-refractivity contribution in [3.8, 4) is 5.75 Å². The minimum Gasteiger partial charge on any atom is -0.434 e. The normalized spacial score (nSPS) is 18.1. The number of alkyl halides is 2. The summed E-state index contributed by atoms with van der Waals surface area (Å²) in [6.45, 7) is -1.30. The molecule has 1 aromatic carbocycles. The van der Waals surface area contributed by atoms with Gasteiger partial charge in [-0.1, -0.05) is 18.2 Å². The summed E-state index contributed by atoms with van der Waals surface area (Å²) in [6.07, 6.45) is 2.22. The van der Waals surface area contributed by atoms with Crippen LogP contribution in [0.5, 0.6) is 5.75 Å². The second-order valence-electron chi connectivity index (χ2n) is 4.70. The number of ether oxygens (including phenoxy) is 2. The average Bonchev–Trinajstić information content (AvgIpc) is 2.97. The molecule has 1 atom stereocenters. The Morgan fingerprint density at radius 1 is 1.45 bits per heavy atom. The molecule has 1 unspecified atom stereocenters. The van der Waals surface area contributed by atoms with E-state index in [9.17, 15) is 8.78 Å². The number of para-hydroxylation sites is 1. The highest BCUT2D eigenvalue weighted by atomic mass is 127. The predicted molar refractivity (Wildman–Crippen MR) is 90.8 cm³/mol. The van der Waals surface area contributed by atoms with Gasteiger partial charge < -0.3 is 20.5 Å². The third-order valence-electron chi connectivity index (χ3n) is 3.14. The molecule has 8 heteroatoms. The van der Waals surface area contributed by atoms with E-state index in [2.05, 4.69) is 15.0 Å². The quantitative estimate of drug-likeness (QED) is 0.416. The van der Waals surface area contributed by atoms with Gasteiger partial charge in [-0.2, -0.15) is 8.78 Å². The topological polar surface area (TPSA) is 68.9 Å². The molecule has 1 aliphatic rings. The molecule has 1 saturated heterocycles. The van der Waals surface area contributed by atoms with Gasteiger partial charge in [0.2, 0.25) is 0 Å². The molecule has 2 rings (SSSR count). The van der Waals surface area contributed by atoms with Gasteiger partial charge in [0.15, 0.2) is 5.96 Å². The van der Waals surface area contributed by atoms with Gasteiger partial charge in [0.1, 0.15) is 5.75 Å². The zero-order valence-corrected chi connectivity index (χ0v) is 14.3. The van der Waals surface area contributed by atoms with Crippen LogP contribution in [0, 0.1) is 0 Å². The molecule has 1 aliphatic heterocycles. The van der Waals surface area contributed by atoms with Crippen LogP contribution in [-0.4, -0.2) is 31.8 Å². The number of aliphatic imine (C=N–C) groups is 1. The van der Waals surface area contributed by atoms with E-state index in [1.807, 2.05) is 0 Å². The van der Waals surface area contributed by atoms with E-state index in [1.54, 1.807) is 18.2 Å². The van der Waals surface area contributed by atoms with Gasteiger partial charge in [0.05, 0.1) is 12.6 Å². The van der Waals surface area contributed by atoms with Gasteiger partial charge in [-0.3, -0.25) is 0 Å². The Morgan fingerprint density at radius 2 is 2.23 bits per heavy atom. The number of benzene rings is 1. The van der Waals surface area contributed by atoms with E-state index in [0.29, 0.717) is 12.1 Å². The van der Waals surface area contributed by atoms with Crippen molar-refractivity contribution >= 4 is 29.9 Å². The summed E-state index contributed by atoms with van der Waals surface area (Å²) in [7, 11) is 0. The van der Waals surface area contributed by atoms with Gasteiger partial charge in [0.25, 0.3) is 0 Å². The molecular weight excluding hydrogens is 407 g/mol. The lowest BCUT2D eigenvalue weighted by molar-refractivity contribution is -0.0504. The van der Waals surface area contributed by atoms with E-state index in [4.69, 9.17) is 10.5 Å². The molecule has 0 aliphatic carbocycles. The summed E-state index contributed by atoms with van der Waals surface area (Å²) in [5, 5.41) is 2.97. The monoisotopic (exact) mass is 427 g/mol. The van der Waals surface area contributed by atoms with Crippen LogP contribution in [0.1, 0.15) is 18.4 Å².